The van der Waals surface area contributed by atoms with E-state index in [1.54, 1.807) is 24.1 Å². The fraction of sp³-hybridized carbons (Fsp3) is 0.240. The van der Waals surface area contributed by atoms with Crippen LogP contribution in [0.5, 0.6) is 5.75 Å². The number of fused-ring (bicyclic) bond motifs is 1. The third kappa shape index (κ3) is 5.18. The van der Waals surface area contributed by atoms with Gasteiger partial charge in [0, 0.05) is 35.4 Å². The Morgan fingerprint density at radius 3 is 2.53 bits per heavy atom. The lowest BCUT2D eigenvalue weighted by molar-refractivity contribution is -0.133. The monoisotopic (exact) mass is 469 g/mol. The number of nitrogens with one attached hydrogen (secondary N) is 1. The lowest BCUT2D eigenvalue weighted by Gasteiger charge is -2.20. The predicted molar refractivity (Wildman–Crippen MR) is 129 cm³/mol. The number of benzene rings is 3. The Morgan fingerprint density at radius 1 is 1.06 bits per heavy atom. The molecule has 0 radical (unpaired) electrons. The molecule has 5 nitrogen and oxygen atoms in total. The number of anilines is 1. The molecular formula is C25H25Cl2N3O2. The molecule has 3 aromatic carbocycles. The summed E-state index contributed by atoms with van der Waals surface area (Å²) < 4.78 is 5.20. The van der Waals surface area contributed by atoms with Crippen molar-refractivity contribution in [3.63, 3.8) is 0 Å². The minimum atomic E-state index is -0.657. The van der Waals surface area contributed by atoms with Gasteiger partial charge in [0.2, 0.25) is 5.91 Å². The van der Waals surface area contributed by atoms with Gasteiger partial charge in [-0.05, 0) is 65.1 Å². The summed E-state index contributed by atoms with van der Waals surface area (Å²) in [6.07, 6.45) is 0.371. The van der Waals surface area contributed by atoms with Gasteiger partial charge in [-0.1, -0.05) is 47.5 Å². The summed E-state index contributed by atoms with van der Waals surface area (Å²) in [6.45, 7) is 1.82. The van der Waals surface area contributed by atoms with Crippen LogP contribution in [0.1, 0.15) is 22.3 Å². The number of methoxy groups -OCH3 is 1. The topological polar surface area (TPSA) is 67.6 Å². The quantitative estimate of drug-likeness (QED) is 0.509. The largest absolute Gasteiger partial charge is 0.497 e. The molecule has 4 rings (SSSR count). The molecule has 1 atom stereocenters. The van der Waals surface area contributed by atoms with Crippen molar-refractivity contribution in [3.8, 4) is 5.75 Å². The minimum absolute atomic E-state index is 0.0834. The first-order chi connectivity index (χ1) is 15.4. The summed E-state index contributed by atoms with van der Waals surface area (Å²) in [4.78, 5) is 14.7. The lowest BCUT2D eigenvalue weighted by atomic mass is 10.1. The van der Waals surface area contributed by atoms with Gasteiger partial charge in [0.05, 0.1) is 13.2 Å². The highest BCUT2D eigenvalue weighted by molar-refractivity contribution is 6.35. The van der Waals surface area contributed by atoms with Crippen LogP contribution in [0.3, 0.4) is 0 Å². The minimum Gasteiger partial charge on any atom is -0.497 e. The molecule has 1 unspecified atom stereocenters. The fourth-order valence-corrected chi connectivity index (χ4v) is 4.34. The van der Waals surface area contributed by atoms with Gasteiger partial charge in [0.1, 0.15) is 5.75 Å². The van der Waals surface area contributed by atoms with E-state index in [-0.39, 0.29) is 5.91 Å². The molecule has 0 aliphatic carbocycles. The number of amides is 1. The van der Waals surface area contributed by atoms with Crippen molar-refractivity contribution >= 4 is 34.8 Å². The standard InChI is InChI=1S/C25H25Cl2N3O2/c1-32-22-8-2-16(3-9-22)13-29-21-7-5-18-14-30(15-19(18)10-21)25(31)24(28)11-17-4-6-20(26)12-23(17)27/h2-10,12,24,29H,11,13-15,28H2,1H3. The molecule has 0 fully saturated rings. The maximum Gasteiger partial charge on any atom is 0.240 e. The molecule has 0 saturated heterocycles. The Balaban J connectivity index is 1.36. The Hall–Kier alpha value is -2.73. The molecule has 0 spiro atoms. The van der Waals surface area contributed by atoms with Crippen LogP contribution in [-0.4, -0.2) is 24.0 Å². The zero-order valence-electron chi connectivity index (χ0n) is 17.8. The van der Waals surface area contributed by atoms with E-state index in [2.05, 4.69) is 17.4 Å². The molecule has 0 bridgehead atoms. The van der Waals surface area contributed by atoms with Crippen molar-refractivity contribution in [2.45, 2.75) is 32.1 Å². The van der Waals surface area contributed by atoms with Gasteiger partial charge in [0.15, 0.2) is 0 Å². The molecule has 32 heavy (non-hydrogen) atoms. The Labute approximate surface area is 198 Å². The molecule has 1 heterocycles. The average molecular weight is 470 g/mol. The van der Waals surface area contributed by atoms with E-state index in [1.807, 2.05) is 36.4 Å². The number of rotatable bonds is 7. The van der Waals surface area contributed by atoms with E-state index in [0.29, 0.717) is 36.1 Å². The summed E-state index contributed by atoms with van der Waals surface area (Å²) in [5.41, 5.74) is 11.5. The number of hydrogen-bond acceptors (Lipinski definition) is 4. The maximum atomic E-state index is 13.0. The molecule has 0 aromatic heterocycles. The Morgan fingerprint density at radius 2 is 1.81 bits per heavy atom. The van der Waals surface area contributed by atoms with Crippen LogP contribution in [-0.2, 0) is 30.8 Å². The van der Waals surface area contributed by atoms with Gasteiger partial charge in [-0.3, -0.25) is 4.79 Å². The molecule has 1 aliphatic rings. The van der Waals surface area contributed by atoms with Gasteiger partial charge in [-0.2, -0.15) is 0 Å². The fourth-order valence-electron chi connectivity index (χ4n) is 3.85. The summed E-state index contributed by atoms with van der Waals surface area (Å²) in [5, 5.41) is 4.53. The van der Waals surface area contributed by atoms with Gasteiger partial charge >= 0.3 is 0 Å². The van der Waals surface area contributed by atoms with E-state index >= 15 is 0 Å². The average Bonchev–Trinajstić information content (AvgIpc) is 3.22. The highest BCUT2D eigenvalue weighted by atomic mass is 35.5. The highest BCUT2D eigenvalue weighted by Gasteiger charge is 2.27. The van der Waals surface area contributed by atoms with Crippen LogP contribution in [0.2, 0.25) is 10.0 Å². The normalized spacial score (nSPS) is 13.6. The van der Waals surface area contributed by atoms with Crippen LogP contribution in [0, 0.1) is 0 Å². The van der Waals surface area contributed by atoms with Crippen LogP contribution in [0.25, 0.3) is 0 Å². The van der Waals surface area contributed by atoms with Gasteiger partial charge in [0.25, 0.3) is 0 Å². The summed E-state index contributed by atoms with van der Waals surface area (Å²) >= 11 is 12.2. The van der Waals surface area contributed by atoms with E-state index in [0.717, 1.165) is 33.7 Å². The molecule has 3 aromatic rings. The second kappa shape index (κ2) is 9.82. The summed E-state index contributed by atoms with van der Waals surface area (Å²) in [7, 11) is 1.66. The zero-order valence-corrected chi connectivity index (χ0v) is 19.3. The molecule has 3 N–H and O–H groups in total. The maximum absolute atomic E-state index is 13.0. The van der Waals surface area contributed by atoms with E-state index < -0.39 is 6.04 Å². The van der Waals surface area contributed by atoms with Crippen LogP contribution in [0.4, 0.5) is 5.69 Å². The van der Waals surface area contributed by atoms with E-state index in [1.165, 1.54) is 0 Å². The SMILES string of the molecule is COc1ccc(CNc2ccc3c(c2)CN(C(=O)C(N)Cc2ccc(Cl)cc2Cl)C3)cc1. The predicted octanol–water partition coefficient (Wildman–Crippen LogP) is 5.03. The lowest BCUT2D eigenvalue weighted by Crippen LogP contribution is -2.42. The first-order valence-electron chi connectivity index (χ1n) is 10.4. The molecule has 7 heteroatoms. The second-order valence-corrected chi connectivity index (χ2v) is 8.77. The Bertz CT molecular complexity index is 1120. The number of hydrogen-bond donors (Lipinski definition) is 2. The number of ether oxygens (including phenoxy) is 1. The van der Waals surface area contributed by atoms with Crippen molar-refractivity contribution in [2.24, 2.45) is 5.73 Å². The third-order valence-corrected chi connectivity index (χ3v) is 6.26. The van der Waals surface area contributed by atoms with Crippen LogP contribution < -0.4 is 15.8 Å². The van der Waals surface area contributed by atoms with Crippen molar-refractivity contribution in [2.75, 3.05) is 12.4 Å². The third-order valence-electron chi connectivity index (χ3n) is 5.67. The van der Waals surface area contributed by atoms with Gasteiger partial charge < -0.3 is 20.7 Å². The molecule has 1 amide bonds. The summed E-state index contributed by atoms with van der Waals surface area (Å²) in [5.74, 6) is 0.757. The number of nitrogens with two attached hydrogens (primary N) is 1. The van der Waals surface area contributed by atoms with Crippen molar-refractivity contribution in [1.82, 2.24) is 4.90 Å². The second-order valence-electron chi connectivity index (χ2n) is 7.93. The van der Waals surface area contributed by atoms with E-state index in [4.69, 9.17) is 33.7 Å². The van der Waals surface area contributed by atoms with Gasteiger partial charge in [-0.15, -0.1) is 0 Å². The van der Waals surface area contributed by atoms with Gasteiger partial charge in [-0.25, -0.2) is 0 Å². The number of carbonyl (C=O) groups excluding carboxylic acids is 1. The number of nitrogens with zero attached hydrogens (tertiary/aromatic N) is 1. The van der Waals surface area contributed by atoms with Crippen LogP contribution >= 0.6 is 23.2 Å². The molecule has 166 valence electrons. The summed E-state index contributed by atoms with van der Waals surface area (Å²) in [6, 6.07) is 18.8. The van der Waals surface area contributed by atoms with Crippen molar-refractivity contribution in [3.05, 3.63) is 93.0 Å². The number of carbonyl (C=O) groups is 1. The van der Waals surface area contributed by atoms with Crippen molar-refractivity contribution in [1.29, 1.82) is 0 Å². The highest BCUT2D eigenvalue weighted by Crippen LogP contribution is 2.28. The smallest absolute Gasteiger partial charge is 0.240 e. The molecule has 1 aliphatic heterocycles. The zero-order chi connectivity index (χ0) is 22.7. The van der Waals surface area contributed by atoms with Crippen LogP contribution in [0.15, 0.2) is 60.7 Å². The molecule has 0 saturated carbocycles. The van der Waals surface area contributed by atoms with Crippen molar-refractivity contribution < 1.29 is 9.53 Å². The van der Waals surface area contributed by atoms with E-state index in [9.17, 15) is 4.79 Å². The Kier molecular flexibility index (Phi) is 6.89. The first kappa shape index (κ1) is 22.5. The molecular weight excluding hydrogens is 445 g/mol. The first-order valence-corrected chi connectivity index (χ1v) is 11.2. The number of halogens is 2.